The first-order valence-corrected chi connectivity index (χ1v) is 5.69. The lowest BCUT2D eigenvalue weighted by Crippen LogP contribution is -2.12. The molecule has 0 aliphatic carbocycles. The first-order valence-electron chi connectivity index (χ1n) is 4.37. The van der Waals surface area contributed by atoms with Crippen LogP contribution in [-0.4, -0.2) is 22.5 Å². The molecule has 4 heteroatoms. The minimum absolute atomic E-state index is 0.0790. The highest BCUT2D eigenvalue weighted by Crippen LogP contribution is 2.04. The van der Waals surface area contributed by atoms with Crippen LogP contribution in [0.4, 0.5) is 0 Å². The van der Waals surface area contributed by atoms with Crippen LogP contribution in [0, 0.1) is 0 Å². The van der Waals surface area contributed by atoms with Gasteiger partial charge in [0.05, 0.1) is 17.4 Å². The Morgan fingerprint density at radius 3 is 2.54 bits per heavy atom. The second-order valence-electron chi connectivity index (χ2n) is 2.55. The van der Waals surface area contributed by atoms with Crippen LogP contribution in [0.3, 0.4) is 0 Å². The first kappa shape index (κ1) is 12.4. The Hall–Kier alpha value is -0.640. The Labute approximate surface area is 81.6 Å². The lowest BCUT2D eigenvalue weighted by Gasteiger charge is -2.03. The van der Waals surface area contributed by atoms with Gasteiger partial charge in [0.1, 0.15) is 4.91 Å². The van der Waals surface area contributed by atoms with Crippen molar-refractivity contribution in [2.75, 3.05) is 12.4 Å². The zero-order valence-electron chi connectivity index (χ0n) is 8.17. The summed E-state index contributed by atoms with van der Waals surface area (Å²) in [5.41, 5.74) is 0. The number of hydrogen-bond donors (Lipinski definition) is 0. The Morgan fingerprint density at radius 2 is 2.08 bits per heavy atom. The Bertz CT molecular complexity index is 211. The summed E-state index contributed by atoms with van der Waals surface area (Å²) < 4.78 is 16.0. The summed E-state index contributed by atoms with van der Waals surface area (Å²) in [6, 6.07) is 0. The van der Waals surface area contributed by atoms with Gasteiger partial charge >= 0.3 is 5.97 Å². The maximum Gasteiger partial charge on any atom is 0.346 e. The van der Waals surface area contributed by atoms with E-state index in [4.69, 9.17) is 0 Å². The molecule has 0 saturated heterocycles. The lowest BCUT2D eigenvalue weighted by molar-refractivity contribution is -0.137. The monoisotopic (exact) mass is 204 g/mol. The third-order valence-electron chi connectivity index (χ3n) is 1.46. The summed E-state index contributed by atoms with van der Waals surface area (Å²) in [5.74, 6) is -0.0503. The summed E-state index contributed by atoms with van der Waals surface area (Å²) in [6.45, 7) is 7.46. The second-order valence-corrected chi connectivity index (χ2v) is 4.14. The van der Waals surface area contributed by atoms with Crippen LogP contribution in [0.1, 0.15) is 26.7 Å². The van der Waals surface area contributed by atoms with Crippen LogP contribution >= 0.6 is 0 Å². The van der Waals surface area contributed by atoms with E-state index in [1.165, 1.54) is 0 Å². The summed E-state index contributed by atoms with van der Waals surface area (Å²) >= 11 is 0. The van der Waals surface area contributed by atoms with Gasteiger partial charge in [-0.2, -0.15) is 0 Å². The molecule has 0 heterocycles. The summed E-state index contributed by atoms with van der Waals surface area (Å²) in [4.78, 5) is 11.1. The van der Waals surface area contributed by atoms with Crippen LogP contribution in [0.5, 0.6) is 0 Å². The highest BCUT2D eigenvalue weighted by Gasteiger charge is 2.14. The molecule has 0 spiro atoms. The van der Waals surface area contributed by atoms with E-state index in [-0.39, 0.29) is 4.91 Å². The molecular formula is C9H16O3S. The van der Waals surface area contributed by atoms with Crippen molar-refractivity contribution in [2.45, 2.75) is 26.7 Å². The predicted octanol–water partition coefficient (Wildman–Crippen LogP) is 1.61. The Morgan fingerprint density at radius 1 is 1.46 bits per heavy atom. The average molecular weight is 204 g/mol. The number of carbonyl (C=O) groups excluding carboxylic acids is 1. The molecule has 0 amide bonds. The standard InChI is InChI=1S/C9H16O3S/c1-4-6-7-13(11)8(3)9(10)12-5-2/h3-7H2,1-2H3. The summed E-state index contributed by atoms with van der Waals surface area (Å²) in [6.07, 6.45) is 1.80. The molecular weight excluding hydrogens is 188 g/mol. The van der Waals surface area contributed by atoms with Crippen molar-refractivity contribution in [1.82, 2.24) is 0 Å². The molecule has 76 valence electrons. The lowest BCUT2D eigenvalue weighted by atomic mass is 10.4. The van der Waals surface area contributed by atoms with Crippen molar-refractivity contribution >= 4 is 16.8 Å². The first-order chi connectivity index (χ1) is 6.13. The Kier molecular flexibility index (Phi) is 6.49. The van der Waals surface area contributed by atoms with Gasteiger partial charge in [0.15, 0.2) is 0 Å². The molecule has 0 aliphatic rings. The van der Waals surface area contributed by atoms with E-state index in [2.05, 4.69) is 11.3 Å². The molecule has 0 aliphatic heterocycles. The number of rotatable bonds is 6. The molecule has 1 atom stereocenters. The van der Waals surface area contributed by atoms with E-state index in [1.54, 1.807) is 6.92 Å². The van der Waals surface area contributed by atoms with Crippen molar-refractivity contribution in [3.05, 3.63) is 11.5 Å². The van der Waals surface area contributed by atoms with Gasteiger partial charge in [0.2, 0.25) is 0 Å². The molecule has 0 fully saturated rings. The molecule has 0 aromatic rings. The molecule has 0 N–H and O–H groups in total. The largest absolute Gasteiger partial charge is 0.462 e. The SMILES string of the molecule is C=C(C(=O)OCC)S(=O)CCCC. The van der Waals surface area contributed by atoms with E-state index in [1.807, 2.05) is 6.92 Å². The zero-order chi connectivity index (χ0) is 10.3. The number of esters is 1. The van der Waals surface area contributed by atoms with E-state index in [0.717, 1.165) is 12.8 Å². The smallest absolute Gasteiger partial charge is 0.346 e. The highest BCUT2D eigenvalue weighted by atomic mass is 32.2. The molecule has 0 rings (SSSR count). The fraction of sp³-hybridized carbons (Fsp3) is 0.667. The maximum absolute atomic E-state index is 11.3. The number of unbranched alkanes of at least 4 members (excludes halogenated alkanes) is 1. The minimum atomic E-state index is -1.27. The highest BCUT2D eigenvalue weighted by molar-refractivity contribution is 7.89. The van der Waals surface area contributed by atoms with E-state index in [0.29, 0.717) is 12.4 Å². The van der Waals surface area contributed by atoms with Crippen molar-refractivity contribution in [3.63, 3.8) is 0 Å². The van der Waals surface area contributed by atoms with Gasteiger partial charge in [-0.1, -0.05) is 19.9 Å². The molecule has 0 bridgehead atoms. The van der Waals surface area contributed by atoms with E-state index >= 15 is 0 Å². The third-order valence-corrected chi connectivity index (χ3v) is 2.84. The fourth-order valence-electron chi connectivity index (χ4n) is 0.703. The van der Waals surface area contributed by atoms with Gasteiger partial charge in [-0.05, 0) is 13.3 Å². The summed E-state index contributed by atoms with van der Waals surface area (Å²) in [7, 11) is -1.27. The molecule has 0 aromatic heterocycles. The molecule has 3 nitrogen and oxygen atoms in total. The topological polar surface area (TPSA) is 43.4 Å². The number of ether oxygens (including phenoxy) is 1. The average Bonchev–Trinajstić information content (AvgIpc) is 2.13. The number of hydrogen-bond acceptors (Lipinski definition) is 3. The van der Waals surface area contributed by atoms with Gasteiger partial charge in [-0.15, -0.1) is 0 Å². The zero-order valence-corrected chi connectivity index (χ0v) is 8.99. The van der Waals surface area contributed by atoms with Crippen LogP contribution in [0.2, 0.25) is 0 Å². The fourth-order valence-corrected chi connectivity index (χ4v) is 1.75. The van der Waals surface area contributed by atoms with Gasteiger partial charge < -0.3 is 4.74 Å². The van der Waals surface area contributed by atoms with Crippen LogP contribution in [0.25, 0.3) is 0 Å². The van der Waals surface area contributed by atoms with Crippen LogP contribution in [0.15, 0.2) is 11.5 Å². The molecule has 0 saturated carbocycles. The molecule has 0 radical (unpaired) electrons. The molecule has 13 heavy (non-hydrogen) atoms. The quantitative estimate of drug-likeness (QED) is 0.487. The van der Waals surface area contributed by atoms with E-state index in [9.17, 15) is 9.00 Å². The predicted molar refractivity (Wildman–Crippen MR) is 53.7 cm³/mol. The van der Waals surface area contributed by atoms with Gasteiger partial charge in [0.25, 0.3) is 0 Å². The van der Waals surface area contributed by atoms with Gasteiger partial charge in [-0.3, -0.25) is 4.21 Å². The Balaban J connectivity index is 3.95. The minimum Gasteiger partial charge on any atom is -0.462 e. The maximum atomic E-state index is 11.3. The molecule has 1 unspecified atom stereocenters. The van der Waals surface area contributed by atoms with Gasteiger partial charge in [-0.25, -0.2) is 4.79 Å². The van der Waals surface area contributed by atoms with Crippen molar-refractivity contribution in [2.24, 2.45) is 0 Å². The van der Waals surface area contributed by atoms with Gasteiger partial charge in [0, 0.05) is 5.75 Å². The summed E-state index contributed by atoms with van der Waals surface area (Å²) in [5, 5.41) is 0. The van der Waals surface area contributed by atoms with Crippen molar-refractivity contribution in [3.8, 4) is 0 Å². The van der Waals surface area contributed by atoms with E-state index < -0.39 is 16.8 Å². The van der Waals surface area contributed by atoms with Crippen LogP contribution < -0.4 is 0 Å². The second kappa shape index (κ2) is 6.83. The normalized spacial score (nSPS) is 12.2. The molecule has 0 aromatic carbocycles. The van der Waals surface area contributed by atoms with Crippen molar-refractivity contribution < 1.29 is 13.7 Å². The number of carbonyl (C=O) groups is 1. The van der Waals surface area contributed by atoms with Crippen LogP contribution in [-0.2, 0) is 20.3 Å². The third kappa shape index (κ3) is 4.83. The van der Waals surface area contributed by atoms with Crippen molar-refractivity contribution in [1.29, 1.82) is 0 Å².